The Morgan fingerprint density at radius 2 is 2.27 bits per heavy atom. The van der Waals surface area contributed by atoms with Gasteiger partial charge in [-0.3, -0.25) is 0 Å². The number of benzene rings is 1. The molecule has 3 heteroatoms. The summed E-state index contributed by atoms with van der Waals surface area (Å²) >= 11 is 0. The zero-order valence-electron chi connectivity index (χ0n) is 8.26. The van der Waals surface area contributed by atoms with E-state index in [4.69, 9.17) is 11.7 Å². The van der Waals surface area contributed by atoms with E-state index in [-0.39, 0.29) is 5.56 Å². The van der Waals surface area contributed by atoms with Crippen LogP contribution in [0.2, 0.25) is 0 Å². The first kappa shape index (κ1) is 11.2. The largest absolute Gasteiger partial charge is 0.312 e. The van der Waals surface area contributed by atoms with Crippen LogP contribution in [0.3, 0.4) is 0 Å². The van der Waals surface area contributed by atoms with Crippen LogP contribution in [0.1, 0.15) is 17.5 Å². The van der Waals surface area contributed by atoms with Crippen LogP contribution >= 0.6 is 0 Å². The average Bonchev–Trinajstić information content (AvgIpc) is 2.26. The molecule has 0 heterocycles. The lowest BCUT2D eigenvalue weighted by Gasteiger charge is -2.04. The second kappa shape index (κ2) is 5.80. The van der Waals surface area contributed by atoms with Gasteiger partial charge in [0.15, 0.2) is 0 Å². The lowest BCUT2D eigenvalue weighted by atomic mass is 10.1. The molecular formula is C12H11FN2. The highest BCUT2D eigenvalue weighted by atomic mass is 19.1. The van der Waals surface area contributed by atoms with Crippen molar-refractivity contribution in [1.82, 2.24) is 5.32 Å². The molecule has 0 atom stereocenters. The summed E-state index contributed by atoms with van der Waals surface area (Å²) in [5.74, 6) is 2.03. The standard InChI is InChI=1S/C12H11FN2/c1-2-3-7-15-9-11-6-4-5-10(8-14)12(11)13/h1,4-6,15H,3,7,9H2. The second-order valence-corrected chi connectivity index (χ2v) is 3.02. The van der Waals surface area contributed by atoms with Crippen LogP contribution in [-0.2, 0) is 6.54 Å². The van der Waals surface area contributed by atoms with Crippen LogP contribution < -0.4 is 5.32 Å². The van der Waals surface area contributed by atoms with Crippen LogP contribution in [0.5, 0.6) is 0 Å². The topological polar surface area (TPSA) is 35.8 Å². The zero-order chi connectivity index (χ0) is 11.1. The van der Waals surface area contributed by atoms with Crippen molar-refractivity contribution >= 4 is 0 Å². The van der Waals surface area contributed by atoms with Crippen molar-refractivity contribution in [3.8, 4) is 18.4 Å². The number of terminal acetylenes is 1. The number of nitriles is 1. The molecule has 0 aliphatic rings. The van der Waals surface area contributed by atoms with E-state index in [0.717, 1.165) is 0 Å². The molecule has 0 aliphatic carbocycles. The summed E-state index contributed by atoms with van der Waals surface area (Å²) in [4.78, 5) is 0. The average molecular weight is 202 g/mol. The van der Waals surface area contributed by atoms with Gasteiger partial charge in [0.1, 0.15) is 11.9 Å². The van der Waals surface area contributed by atoms with Gasteiger partial charge in [-0.1, -0.05) is 12.1 Å². The minimum absolute atomic E-state index is 0.0752. The fourth-order valence-corrected chi connectivity index (χ4v) is 1.19. The summed E-state index contributed by atoms with van der Waals surface area (Å²) in [5, 5.41) is 11.6. The first-order chi connectivity index (χ1) is 7.29. The van der Waals surface area contributed by atoms with Crippen molar-refractivity contribution in [2.45, 2.75) is 13.0 Å². The third-order valence-electron chi connectivity index (χ3n) is 1.96. The molecule has 76 valence electrons. The van der Waals surface area contributed by atoms with Gasteiger partial charge in [0.2, 0.25) is 0 Å². The summed E-state index contributed by atoms with van der Waals surface area (Å²) < 4.78 is 13.5. The predicted molar refractivity (Wildman–Crippen MR) is 56.3 cm³/mol. The van der Waals surface area contributed by atoms with Crippen LogP contribution in [0.25, 0.3) is 0 Å². The number of rotatable bonds is 4. The van der Waals surface area contributed by atoms with Crippen molar-refractivity contribution in [2.24, 2.45) is 0 Å². The first-order valence-corrected chi connectivity index (χ1v) is 4.61. The molecule has 1 rings (SSSR count). The third-order valence-corrected chi connectivity index (χ3v) is 1.96. The van der Waals surface area contributed by atoms with Gasteiger partial charge < -0.3 is 5.32 Å². The molecule has 0 aromatic heterocycles. The van der Waals surface area contributed by atoms with E-state index in [1.54, 1.807) is 18.2 Å². The van der Waals surface area contributed by atoms with E-state index in [1.807, 2.05) is 0 Å². The molecule has 0 fully saturated rings. The number of halogens is 1. The van der Waals surface area contributed by atoms with E-state index >= 15 is 0 Å². The number of hydrogen-bond donors (Lipinski definition) is 1. The van der Waals surface area contributed by atoms with Gasteiger partial charge in [0.05, 0.1) is 5.56 Å². The summed E-state index contributed by atoms with van der Waals surface area (Å²) in [5.41, 5.74) is 0.567. The Hall–Kier alpha value is -1.84. The summed E-state index contributed by atoms with van der Waals surface area (Å²) in [7, 11) is 0. The summed E-state index contributed by atoms with van der Waals surface area (Å²) in [6.45, 7) is 1.04. The summed E-state index contributed by atoms with van der Waals surface area (Å²) in [6.07, 6.45) is 5.69. The van der Waals surface area contributed by atoms with Crippen LogP contribution in [0.4, 0.5) is 4.39 Å². The fraction of sp³-hybridized carbons (Fsp3) is 0.250. The van der Waals surface area contributed by atoms with Crippen LogP contribution in [-0.4, -0.2) is 6.54 Å². The normalized spacial score (nSPS) is 9.27. The second-order valence-electron chi connectivity index (χ2n) is 3.02. The Bertz CT molecular complexity index is 413. The van der Waals surface area contributed by atoms with Crippen molar-refractivity contribution in [2.75, 3.05) is 6.54 Å². The van der Waals surface area contributed by atoms with Crippen molar-refractivity contribution in [3.05, 3.63) is 35.1 Å². The lowest BCUT2D eigenvalue weighted by Crippen LogP contribution is -2.15. The van der Waals surface area contributed by atoms with Gasteiger partial charge in [-0.2, -0.15) is 5.26 Å². The zero-order valence-corrected chi connectivity index (χ0v) is 8.26. The minimum Gasteiger partial charge on any atom is -0.312 e. The first-order valence-electron chi connectivity index (χ1n) is 4.61. The van der Waals surface area contributed by atoms with E-state index in [2.05, 4.69) is 11.2 Å². The van der Waals surface area contributed by atoms with Gasteiger partial charge >= 0.3 is 0 Å². The lowest BCUT2D eigenvalue weighted by molar-refractivity contribution is 0.587. The highest BCUT2D eigenvalue weighted by Gasteiger charge is 2.06. The number of nitrogens with zero attached hydrogens (tertiary/aromatic N) is 1. The Labute approximate surface area is 88.7 Å². The Morgan fingerprint density at radius 3 is 2.93 bits per heavy atom. The highest BCUT2D eigenvalue weighted by Crippen LogP contribution is 2.11. The van der Waals surface area contributed by atoms with Crippen molar-refractivity contribution < 1.29 is 4.39 Å². The maximum atomic E-state index is 13.5. The van der Waals surface area contributed by atoms with E-state index < -0.39 is 5.82 Å². The van der Waals surface area contributed by atoms with Crippen LogP contribution in [0.15, 0.2) is 18.2 Å². The maximum absolute atomic E-state index is 13.5. The molecule has 0 bridgehead atoms. The molecule has 0 saturated heterocycles. The molecular weight excluding hydrogens is 191 g/mol. The quantitative estimate of drug-likeness (QED) is 0.597. The monoisotopic (exact) mass is 202 g/mol. The van der Waals surface area contributed by atoms with Crippen LogP contribution in [0, 0.1) is 29.5 Å². The molecule has 15 heavy (non-hydrogen) atoms. The SMILES string of the molecule is C#CCCNCc1cccc(C#N)c1F. The van der Waals surface area contributed by atoms with E-state index in [0.29, 0.717) is 25.1 Å². The van der Waals surface area contributed by atoms with Gasteiger partial charge in [-0.15, -0.1) is 12.3 Å². The molecule has 1 aromatic carbocycles. The maximum Gasteiger partial charge on any atom is 0.145 e. The molecule has 1 N–H and O–H groups in total. The van der Waals surface area contributed by atoms with Crippen molar-refractivity contribution in [1.29, 1.82) is 5.26 Å². The summed E-state index contributed by atoms with van der Waals surface area (Å²) in [6, 6.07) is 6.58. The molecule has 0 amide bonds. The molecule has 0 unspecified atom stereocenters. The Kier molecular flexibility index (Phi) is 4.34. The molecule has 2 nitrogen and oxygen atoms in total. The Morgan fingerprint density at radius 1 is 1.47 bits per heavy atom. The fourth-order valence-electron chi connectivity index (χ4n) is 1.19. The van der Waals surface area contributed by atoms with E-state index in [1.165, 1.54) is 6.07 Å². The highest BCUT2D eigenvalue weighted by molar-refractivity contribution is 5.34. The molecule has 0 saturated carbocycles. The Balaban J connectivity index is 2.63. The van der Waals surface area contributed by atoms with Gasteiger partial charge in [-0.05, 0) is 6.07 Å². The van der Waals surface area contributed by atoms with Gasteiger partial charge in [0, 0.05) is 25.1 Å². The number of nitrogens with one attached hydrogen (secondary N) is 1. The van der Waals surface area contributed by atoms with E-state index in [9.17, 15) is 4.39 Å². The third kappa shape index (κ3) is 3.09. The molecule has 0 radical (unpaired) electrons. The minimum atomic E-state index is -0.451. The molecule has 0 spiro atoms. The smallest absolute Gasteiger partial charge is 0.145 e. The number of hydrogen-bond acceptors (Lipinski definition) is 2. The molecule has 0 aliphatic heterocycles. The molecule has 1 aromatic rings. The van der Waals surface area contributed by atoms with Crippen molar-refractivity contribution in [3.63, 3.8) is 0 Å². The van der Waals surface area contributed by atoms with Gasteiger partial charge in [0.25, 0.3) is 0 Å². The van der Waals surface area contributed by atoms with Gasteiger partial charge in [-0.25, -0.2) is 4.39 Å². The predicted octanol–water partition coefficient (Wildman–Crippen LogP) is 1.81.